The Balaban J connectivity index is 1.34. The van der Waals surface area contributed by atoms with Gasteiger partial charge in [0.05, 0.1) is 31.2 Å². The lowest BCUT2D eigenvalue weighted by atomic mass is 10.1. The number of rotatable bonds is 9. The van der Waals surface area contributed by atoms with Crippen molar-refractivity contribution in [3.63, 3.8) is 0 Å². The van der Waals surface area contributed by atoms with Gasteiger partial charge in [0.15, 0.2) is 11.5 Å². The Kier molecular flexibility index (Phi) is 7.14. The number of methoxy groups -OCH3 is 2. The zero-order valence-corrected chi connectivity index (χ0v) is 19.7. The number of carbonyl (C=O) groups is 1. The molecule has 0 fully saturated rings. The molecule has 8 heteroatoms. The van der Waals surface area contributed by atoms with Crippen LogP contribution < -0.4 is 14.8 Å². The van der Waals surface area contributed by atoms with E-state index < -0.39 is 0 Å². The van der Waals surface area contributed by atoms with Crippen LogP contribution in [-0.2, 0) is 11.2 Å². The van der Waals surface area contributed by atoms with Gasteiger partial charge in [-0.15, -0.1) is 0 Å². The minimum atomic E-state index is -0.0393. The van der Waals surface area contributed by atoms with Crippen LogP contribution in [0.25, 0.3) is 16.8 Å². The average molecular weight is 463 g/mol. The van der Waals surface area contributed by atoms with E-state index in [-0.39, 0.29) is 11.7 Å². The molecule has 4 aromatic rings. The quantitative estimate of drug-likeness (QED) is 0.376. The number of carbonyl (C=O) groups excluding carboxylic acids is 1. The lowest BCUT2D eigenvalue weighted by molar-refractivity contribution is -0.118. The number of thioether (sulfide) groups is 1. The van der Waals surface area contributed by atoms with Gasteiger partial charge in [-0.25, -0.2) is 9.50 Å². The molecule has 1 amide bonds. The fourth-order valence-electron chi connectivity index (χ4n) is 3.44. The highest BCUT2D eigenvalue weighted by molar-refractivity contribution is 8.00. The molecule has 2 aromatic heterocycles. The second-order valence-corrected chi connectivity index (χ2v) is 8.50. The smallest absolute Gasteiger partial charge is 0.230 e. The molecule has 2 heterocycles. The Morgan fingerprint density at radius 2 is 1.85 bits per heavy atom. The number of hydrogen-bond donors (Lipinski definition) is 1. The van der Waals surface area contributed by atoms with Crippen molar-refractivity contribution in [3.05, 3.63) is 72.1 Å². The lowest BCUT2D eigenvalue weighted by Gasteiger charge is -2.10. The first-order valence-electron chi connectivity index (χ1n) is 10.6. The van der Waals surface area contributed by atoms with Crippen LogP contribution in [0.5, 0.6) is 11.5 Å². The van der Waals surface area contributed by atoms with E-state index in [1.807, 2.05) is 30.5 Å². The number of benzene rings is 2. The fourth-order valence-corrected chi connectivity index (χ4v) is 4.25. The van der Waals surface area contributed by atoms with Gasteiger partial charge in [0.25, 0.3) is 0 Å². The summed E-state index contributed by atoms with van der Waals surface area (Å²) in [5.41, 5.74) is 5.08. The summed E-state index contributed by atoms with van der Waals surface area (Å²) in [6.45, 7) is 2.60. The summed E-state index contributed by atoms with van der Waals surface area (Å²) in [5, 5.41) is 8.40. The molecule has 0 radical (unpaired) electrons. The van der Waals surface area contributed by atoms with E-state index in [0.29, 0.717) is 24.5 Å². The zero-order chi connectivity index (χ0) is 23.2. The summed E-state index contributed by atoms with van der Waals surface area (Å²) < 4.78 is 12.4. The molecule has 0 saturated carbocycles. The monoisotopic (exact) mass is 462 g/mol. The van der Waals surface area contributed by atoms with Crippen molar-refractivity contribution in [2.45, 2.75) is 18.4 Å². The molecular formula is C25H26N4O3S. The molecule has 0 atom stereocenters. The number of aryl methyl sites for hydroxylation is 1. The predicted molar refractivity (Wildman–Crippen MR) is 130 cm³/mol. The fraction of sp³-hybridized carbons (Fsp3) is 0.240. The number of nitrogens with zero attached hydrogens (tertiary/aromatic N) is 3. The van der Waals surface area contributed by atoms with Crippen molar-refractivity contribution in [2.75, 3.05) is 26.5 Å². The number of amides is 1. The molecule has 2 aromatic carbocycles. The molecule has 0 spiro atoms. The van der Waals surface area contributed by atoms with Crippen LogP contribution in [0.15, 0.2) is 66.0 Å². The number of aromatic nitrogens is 3. The minimum absolute atomic E-state index is 0.0393. The number of hydrogen-bond acceptors (Lipinski definition) is 6. The lowest BCUT2D eigenvalue weighted by Crippen LogP contribution is -2.27. The van der Waals surface area contributed by atoms with Crippen molar-refractivity contribution in [2.24, 2.45) is 0 Å². The summed E-state index contributed by atoms with van der Waals surface area (Å²) in [6.07, 6.45) is 4.23. The van der Waals surface area contributed by atoms with Crippen LogP contribution >= 0.6 is 11.8 Å². The van der Waals surface area contributed by atoms with E-state index in [4.69, 9.17) is 9.47 Å². The van der Waals surface area contributed by atoms with Crippen LogP contribution in [0, 0.1) is 6.92 Å². The van der Waals surface area contributed by atoms with Gasteiger partial charge in [0, 0.05) is 24.5 Å². The minimum Gasteiger partial charge on any atom is -0.493 e. The summed E-state index contributed by atoms with van der Waals surface area (Å²) >= 11 is 1.41. The standard InChI is InChI=1S/C25H26N4O3S/c1-17-4-7-19(8-5-17)20-15-21-25(27-12-13-29(21)28-20)33-16-24(30)26-11-10-18-6-9-22(31-2)23(14-18)32-3/h4-9,12-15H,10-11,16H2,1-3H3,(H,26,30). The Bertz CT molecular complexity index is 1250. The topological polar surface area (TPSA) is 77.8 Å². The zero-order valence-electron chi connectivity index (χ0n) is 18.9. The van der Waals surface area contributed by atoms with E-state index >= 15 is 0 Å². The number of ether oxygens (including phenoxy) is 2. The van der Waals surface area contributed by atoms with Gasteiger partial charge in [-0.05, 0) is 37.1 Å². The highest BCUT2D eigenvalue weighted by Crippen LogP contribution is 2.28. The molecule has 0 aliphatic heterocycles. The van der Waals surface area contributed by atoms with Crippen LogP contribution in [0.3, 0.4) is 0 Å². The summed E-state index contributed by atoms with van der Waals surface area (Å²) in [4.78, 5) is 16.9. The van der Waals surface area contributed by atoms with Crippen LogP contribution in [-0.4, -0.2) is 47.0 Å². The third-order valence-electron chi connectivity index (χ3n) is 5.23. The second-order valence-electron chi connectivity index (χ2n) is 7.54. The SMILES string of the molecule is COc1ccc(CCNC(=O)CSc2nccn3nc(-c4ccc(C)cc4)cc23)cc1OC. The highest BCUT2D eigenvalue weighted by atomic mass is 32.2. The molecule has 1 N–H and O–H groups in total. The maximum absolute atomic E-state index is 12.4. The van der Waals surface area contributed by atoms with Crippen molar-refractivity contribution in [3.8, 4) is 22.8 Å². The van der Waals surface area contributed by atoms with E-state index in [0.717, 1.165) is 27.4 Å². The van der Waals surface area contributed by atoms with Crippen molar-refractivity contribution >= 4 is 23.2 Å². The maximum atomic E-state index is 12.4. The molecule has 0 unspecified atom stereocenters. The van der Waals surface area contributed by atoms with Crippen LogP contribution in [0.2, 0.25) is 0 Å². The molecule has 0 bridgehead atoms. The van der Waals surface area contributed by atoms with Crippen LogP contribution in [0.4, 0.5) is 0 Å². The van der Waals surface area contributed by atoms with E-state index in [1.54, 1.807) is 24.9 Å². The molecule has 4 rings (SSSR count). The molecule has 170 valence electrons. The Hall–Kier alpha value is -3.52. The third-order valence-corrected chi connectivity index (χ3v) is 6.22. The van der Waals surface area contributed by atoms with Crippen molar-refractivity contribution in [1.29, 1.82) is 0 Å². The number of nitrogens with one attached hydrogen (secondary N) is 1. The first-order valence-corrected chi connectivity index (χ1v) is 11.6. The molecule has 7 nitrogen and oxygen atoms in total. The van der Waals surface area contributed by atoms with Gasteiger partial charge in [0.1, 0.15) is 5.03 Å². The third kappa shape index (κ3) is 5.46. The Morgan fingerprint density at radius 1 is 1.06 bits per heavy atom. The maximum Gasteiger partial charge on any atom is 0.230 e. The highest BCUT2D eigenvalue weighted by Gasteiger charge is 2.12. The second kappa shape index (κ2) is 10.4. The van der Waals surface area contributed by atoms with E-state index in [9.17, 15) is 4.79 Å². The van der Waals surface area contributed by atoms with Gasteiger partial charge < -0.3 is 14.8 Å². The van der Waals surface area contributed by atoms with Gasteiger partial charge in [-0.1, -0.05) is 47.7 Å². The molecule has 33 heavy (non-hydrogen) atoms. The normalized spacial score (nSPS) is 10.9. The van der Waals surface area contributed by atoms with Gasteiger partial charge >= 0.3 is 0 Å². The summed E-state index contributed by atoms with van der Waals surface area (Å²) in [6, 6.07) is 16.0. The van der Waals surface area contributed by atoms with Gasteiger partial charge in [-0.2, -0.15) is 5.10 Å². The largest absolute Gasteiger partial charge is 0.493 e. The van der Waals surface area contributed by atoms with E-state index in [1.165, 1.54) is 17.3 Å². The van der Waals surface area contributed by atoms with Crippen LogP contribution in [0.1, 0.15) is 11.1 Å². The van der Waals surface area contributed by atoms with E-state index in [2.05, 4.69) is 46.6 Å². The summed E-state index contributed by atoms with van der Waals surface area (Å²) in [5.74, 6) is 1.61. The number of fused-ring (bicyclic) bond motifs is 1. The Labute approximate surface area is 197 Å². The first-order chi connectivity index (χ1) is 16.1. The molecule has 0 saturated heterocycles. The Morgan fingerprint density at radius 3 is 2.61 bits per heavy atom. The van der Waals surface area contributed by atoms with Crippen molar-refractivity contribution in [1.82, 2.24) is 19.9 Å². The van der Waals surface area contributed by atoms with Crippen molar-refractivity contribution < 1.29 is 14.3 Å². The average Bonchev–Trinajstić information content (AvgIpc) is 3.28. The van der Waals surface area contributed by atoms with Gasteiger partial charge in [0.2, 0.25) is 5.91 Å². The first kappa shape index (κ1) is 22.7. The summed E-state index contributed by atoms with van der Waals surface area (Å²) in [7, 11) is 3.22. The molecule has 0 aliphatic rings. The molecular weight excluding hydrogens is 436 g/mol. The molecule has 0 aliphatic carbocycles. The van der Waals surface area contributed by atoms with Gasteiger partial charge in [-0.3, -0.25) is 4.79 Å². The predicted octanol–water partition coefficient (Wildman–Crippen LogP) is 4.17.